The summed E-state index contributed by atoms with van der Waals surface area (Å²) in [4.78, 5) is 0. The monoisotopic (exact) mass is 248 g/mol. The second-order valence-electron chi connectivity index (χ2n) is 4.95. The van der Waals surface area contributed by atoms with Gasteiger partial charge in [0.15, 0.2) is 0 Å². The highest BCUT2D eigenvalue weighted by Crippen LogP contribution is 2.22. The lowest BCUT2D eigenvalue weighted by molar-refractivity contribution is 0.393. The first kappa shape index (κ1) is 13.7. The second-order valence-corrected chi connectivity index (χ2v) is 9.70. The molecule has 1 aromatic rings. The van der Waals surface area contributed by atoms with Gasteiger partial charge in [-0.05, 0) is 17.7 Å². The number of methoxy groups -OCH3 is 2. The predicted octanol–water partition coefficient (Wildman–Crippen LogP) is 3.13. The van der Waals surface area contributed by atoms with Gasteiger partial charge in [0, 0.05) is 12.5 Å². The average molecular weight is 248 g/mol. The van der Waals surface area contributed by atoms with E-state index in [1.165, 1.54) is 0 Å². The highest BCUT2D eigenvalue weighted by molar-refractivity contribution is 6.83. The zero-order valence-electron chi connectivity index (χ0n) is 11.3. The molecule has 1 aromatic carbocycles. The van der Waals surface area contributed by atoms with E-state index in [9.17, 15) is 0 Å². The van der Waals surface area contributed by atoms with Crippen molar-refractivity contribution in [1.29, 1.82) is 0 Å². The van der Waals surface area contributed by atoms with Crippen molar-refractivity contribution >= 4 is 8.07 Å². The Kier molecular flexibility index (Phi) is 4.65. The van der Waals surface area contributed by atoms with E-state index in [0.29, 0.717) is 0 Å². The Morgan fingerprint density at radius 1 is 1.00 bits per heavy atom. The first-order chi connectivity index (χ1) is 7.94. The minimum Gasteiger partial charge on any atom is -0.497 e. The largest absolute Gasteiger partial charge is 0.497 e. The molecule has 0 radical (unpaired) electrons. The van der Waals surface area contributed by atoms with Crippen molar-refractivity contribution in [2.75, 3.05) is 14.2 Å². The Morgan fingerprint density at radius 2 is 1.53 bits per heavy atom. The van der Waals surface area contributed by atoms with Crippen molar-refractivity contribution in [1.82, 2.24) is 0 Å². The highest BCUT2D eigenvalue weighted by atomic mass is 28.3. The normalized spacial score (nSPS) is 10.4. The zero-order valence-corrected chi connectivity index (χ0v) is 12.3. The Bertz CT molecular complexity index is 414. The molecular formula is C14H20O2Si. The molecule has 0 fully saturated rings. The molecule has 0 amide bonds. The molecular weight excluding hydrogens is 228 g/mol. The summed E-state index contributed by atoms with van der Waals surface area (Å²) in [6.07, 6.45) is 0.748. The van der Waals surface area contributed by atoms with Crippen LogP contribution in [0.4, 0.5) is 0 Å². The van der Waals surface area contributed by atoms with Crippen molar-refractivity contribution < 1.29 is 9.47 Å². The van der Waals surface area contributed by atoms with Crippen LogP contribution in [0.2, 0.25) is 19.6 Å². The van der Waals surface area contributed by atoms with Gasteiger partial charge in [0.1, 0.15) is 19.6 Å². The third-order valence-electron chi connectivity index (χ3n) is 2.17. The molecule has 0 aliphatic rings. The van der Waals surface area contributed by atoms with Crippen molar-refractivity contribution in [2.45, 2.75) is 26.1 Å². The van der Waals surface area contributed by atoms with Gasteiger partial charge >= 0.3 is 0 Å². The van der Waals surface area contributed by atoms with E-state index >= 15 is 0 Å². The summed E-state index contributed by atoms with van der Waals surface area (Å²) in [5.74, 6) is 4.87. The molecule has 2 nitrogen and oxygen atoms in total. The summed E-state index contributed by atoms with van der Waals surface area (Å²) in [5.41, 5.74) is 4.48. The molecule has 17 heavy (non-hydrogen) atoms. The van der Waals surface area contributed by atoms with E-state index in [1.54, 1.807) is 14.2 Å². The molecule has 0 saturated carbocycles. The standard InChI is InChI=1S/C14H20O2Si/c1-15-13-9-12(10-14(11-13)16-2)7-6-8-17(3,4)5/h9-11H,7H2,1-5H3. The Hall–Kier alpha value is -1.40. The summed E-state index contributed by atoms with van der Waals surface area (Å²) in [6.45, 7) is 6.73. The number of rotatable bonds is 3. The summed E-state index contributed by atoms with van der Waals surface area (Å²) >= 11 is 0. The van der Waals surface area contributed by atoms with Crippen molar-refractivity contribution in [3.63, 3.8) is 0 Å². The van der Waals surface area contributed by atoms with Gasteiger partial charge in [-0.3, -0.25) is 0 Å². The first-order valence-electron chi connectivity index (χ1n) is 5.66. The molecule has 0 saturated heterocycles. The Balaban J connectivity index is 2.86. The van der Waals surface area contributed by atoms with Crippen LogP contribution >= 0.6 is 0 Å². The van der Waals surface area contributed by atoms with Gasteiger partial charge in [0.25, 0.3) is 0 Å². The van der Waals surface area contributed by atoms with Gasteiger partial charge in [0.2, 0.25) is 0 Å². The fourth-order valence-corrected chi connectivity index (χ4v) is 2.00. The van der Waals surface area contributed by atoms with E-state index in [1.807, 2.05) is 18.2 Å². The van der Waals surface area contributed by atoms with Crippen LogP contribution < -0.4 is 9.47 Å². The number of ether oxygens (including phenoxy) is 2. The summed E-state index contributed by atoms with van der Waals surface area (Å²) in [6, 6.07) is 5.87. The molecule has 0 atom stereocenters. The van der Waals surface area contributed by atoms with Crippen molar-refractivity contribution in [3.05, 3.63) is 23.8 Å². The van der Waals surface area contributed by atoms with Crippen LogP contribution in [0.5, 0.6) is 11.5 Å². The van der Waals surface area contributed by atoms with Crippen molar-refractivity contribution in [3.8, 4) is 23.0 Å². The number of hydrogen-bond donors (Lipinski definition) is 0. The molecule has 0 aromatic heterocycles. The van der Waals surface area contributed by atoms with Gasteiger partial charge < -0.3 is 9.47 Å². The molecule has 0 aliphatic heterocycles. The fourth-order valence-electron chi connectivity index (χ4n) is 1.38. The number of hydrogen-bond acceptors (Lipinski definition) is 2. The quantitative estimate of drug-likeness (QED) is 0.604. The molecule has 0 spiro atoms. The third-order valence-corrected chi connectivity index (χ3v) is 3.09. The lowest BCUT2D eigenvalue weighted by Gasteiger charge is -2.07. The zero-order chi connectivity index (χ0) is 12.9. The minimum atomic E-state index is -1.28. The lowest BCUT2D eigenvalue weighted by atomic mass is 10.1. The van der Waals surface area contributed by atoms with Gasteiger partial charge in [-0.1, -0.05) is 19.6 Å². The molecule has 3 heteroatoms. The maximum atomic E-state index is 5.23. The van der Waals surface area contributed by atoms with E-state index < -0.39 is 8.07 Å². The Labute approximate surface area is 105 Å². The number of benzene rings is 1. The molecule has 0 heterocycles. The smallest absolute Gasteiger partial charge is 0.129 e. The molecule has 0 unspecified atom stereocenters. The first-order valence-corrected chi connectivity index (χ1v) is 9.16. The van der Waals surface area contributed by atoms with Crippen LogP contribution in [0.3, 0.4) is 0 Å². The summed E-state index contributed by atoms with van der Waals surface area (Å²) in [5, 5.41) is 0. The fraction of sp³-hybridized carbons (Fsp3) is 0.429. The van der Waals surface area contributed by atoms with Gasteiger partial charge in [0.05, 0.1) is 14.2 Å². The second kappa shape index (κ2) is 5.79. The minimum absolute atomic E-state index is 0.748. The molecule has 0 N–H and O–H groups in total. The molecule has 92 valence electrons. The Morgan fingerprint density at radius 3 is 1.94 bits per heavy atom. The van der Waals surface area contributed by atoms with Crippen LogP contribution in [-0.4, -0.2) is 22.3 Å². The van der Waals surface area contributed by atoms with E-state index in [4.69, 9.17) is 9.47 Å². The van der Waals surface area contributed by atoms with Crippen LogP contribution in [0.25, 0.3) is 0 Å². The van der Waals surface area contributed by atoms with E-state index in [-0.39, 0.29) is 0 Å². The van der Waals surface area contributed by atoms with Crippen molar-refractivity contribution in [2.24, 2.45) is 0 Å². The van der Waals surface area contributed by atoms with E-state index in [2.05, 4.69) is 31.1 Å². The van der Waals surface area contributed by atoms with Crippen LogP contribution in [0.15, 0.2) is 18.2 Å². The highest BCUT2D eigenvalue weighted by Gasteiger charge is 2.07. The SMILES string of the molecule is COc1cc(CC#C[Si](C)(C)C)cc(OC)c1. The topological polar surface area (TPSA) is 18.5 Å². The summed E-state index contributed by atoms with van der Waals surface area (Å²) in [7, 11) is 2.04. The molecule has 1 rings (SSSR count). The average Bonchev–Trinajstić information content (AvgIpc) is 2.26. The lowest BCUT2D eigenvalue weighted by Crippen LogP contribution is -2.16. The van der Waals surface area contributed by atoms with Crippen LogP contribution in [-0.2, 0) is 6.42 Å². The summed E-state index contributed by atoms with van der Waals surface area (Å²) < 4.78 is 10.5. The van der Waals surface area contributed by atoms with E-state index in [0.717, 1.165) is 23.5 Å². The van der Waals surface area contributed by atoms with Gasteiger partial charge in [-0.25, -0.2) is 0 Å². The molecule has 0 bridgehead atoms. The van der Waals surface area contributed by atoms with Crippen LogP contribution in [0, 0.1) is 11.5 Å². The van der Waals surface area contributed by atoms with Gasteiger partial charge in [-0.2, -0.15) is 0 Å². The third kappa shape index (κ3) is 4.97. The van der Waals surface area contributed by atoms with Gasteiger partial charge in [-0.15, -0.1) is 11.5 Å². The predicted molar refractivity (Wildman–Crippen MR) is 74.4 cm³/mol. The maximum absolute atomic E-state index is 5.23. The van der Waals surface area contributed by atoms with Crippen LogP contribution in [0.1, 0.15) is 5.56 Å². The maximum Gasteiger partial charge on any atom is 0.129 e. The molecule has 0 aliphatic carbocycles.